The maximum absolute atomic E-state index is 12.1. The molecule has 3 aliphatic rings. The van der Waals surface area contributed by atoms with Gasteiger partial charge in [0.15, 0.2) is 0 Å². The van der Waals surface area contributed by atoms with Crippen molar-refractivity contribution in [1.82, 2.24) is 4.90 Å². The second kappa shape index (κ2) is 13.0. The third kappa shape index (κ3) is 8.09. The van der Waals surface area contributed by atoms with Crippen molar-refractivity contribution in [3.63, 3.8) is 0 Å². The largest absolute Gasteiger partial charge is 0.464 e. The van der Waals surface area contributed by atoms with Crippen LogP contribution in [0.3, 0.4) is 0 Å². The summed E-state index contributed by atoms with van der Waals surface area (Å²) < 4.78 is 16.4. The van der Waals surface area contributed by atoms with Gasteiger partial charge in [0.2, 0.25) is 0 Å². The minimum Gasteiger partial charge on any atom is -0.464 e. The van der Waals surface area contributed by atoms with E-state index in [0.29, 0.717) is 39.5 Å². The summed E-state index contributed by atoms with van der Waals surface area (Å²) in [6.45, 7) is 2.55. The minimum atomic E-state index is -0.0993. The van der Waals surface area contributed by atoms with Crippen molar-refractivity contribution in [3.05, 3.63) is 0 Å². The van der Waals surface area contributed by atoms with E-state index in [1.165, 1.54) is 0 Å². The molecule has 7 heteroatoms. The van der Waals surface area contributed by atoms with Crippen LogP contribution in [0.25, 0.3) is 0 Å². The summed E-state index contributed by atoms with van der Waals surface area (Å²) in [4.78, 5) is 38.5. The van der Waals surface area contributed by atoms with Crippen molar-refractivity contribution in [2.75, 3.05) is 39.5 Å². The zero-order chi connectivity index (χ0) is 21.9. The van der Waals surface area contributed by atoms with Gasteiger partial charge in [-0.2, -0.15) is 0 Å². The molecule has 0 unspecified atom stereocenters. The van der Waals surface area contributed by atoms with Crippen molar-refractivity contribution in [2.45, 2.75) is 77.0 Å². The van der Waals surface area contributed by atoms with Gasteiger partial charge in [-0.3, -0.25) is 19.3 Å². The van der Waals surface area contributed by atoms with Crippen molar-refractivity contribution >= 4 is 17.9 Å². The molecule has 3 fully saturated rings. The standard InChI is InChI=1S/C24H39NO6/c26-22(19-7-1-2-8-19)29-16-13-25(14-17-30-23(27)20-9-3-4-10-20)15-18-31-24(28)21-11-5-6-12-21/h19-21H,1-18H2. The number of hydrogen-bond acceptors (Lipinski definition) is 7. The Morgan fingerprint density at radius 3 is 1.03 bits per heavy atom. The molecule has 0 amide bonds. The van der Waals surface area contributed by atoms with Crippen molar-refractivity contribution in [2.24, 2.45) is 17.8 Å². The lowest BCUT2D eigenvalue weighted by atomic mass is 10.1. The normalized spacial score (nSPS) is 20.4. The number of carbonyl (C=O) groups excluding carboxylic acids is 3. The van der Waals surface area contributed by atoms with E-state index < -0.39 is 0 Å². The first-order valence-electron chi connectivity index (χ1n) is 12.4. The average molecular weight is 438 g/mol. The summed E-state index contributed by atoms with van der Waals surface area (Å²) >= 11 is 0. The van der Waals surface area contributed by atoms with Gasteiger partial charge in [-0.1, -0.05) is 38.5 Å². The van der Waals surface area contributed by atoms with Gasteiger partial charge in [-0.25, -0.2) is 0 Å². The fourth-order valence-electron chi connectivity index (χ4n) is 5.00. The van der Waals surface area contributed by atoms with Gasteiger partial charge < -0.3 is 14.2 Å². The van der Waals surface area contributed by atoms with E-state index >= 15 is 0 Å². The third-order valence-electron chi connectivity index (χ3n) is 7.02. The predicted molar refractivity (Wildman–Crippen MR) is 115 cm³/mol. The number of rotatable bonds is 12. The van der Waals surface area contributed by atoms with Crippen LogP contribution in [0.4, 0.5) is 0 Å². The Labute approximate surface area is 186 Å². The van der Waals surface area contributed by atoms with E-state index in [4.69, 9.17) is 14.2 Å². The predicted octanol–water partition coefficient (Wildman–Crippen LogP) is 3.49. The van der Waals surface area contributed by atoms with E-state index in [-0.39, 0.29) is 35.7 Å². The molecule has 0 radical (unpaired) electrons. The third-order valence-corrected chi connectivity index (χ3v) is 7.02. The minimum absolute atomic E-state index is 0.0492. The van der Waals surface area contributed by atoms with Crippen LogP contribution >= 0.6 is 0 Å². The summed E-state index contributed by atoms with van der Waals surface area (Å²) in [6, 6.07) is 0. The fourth-order valence-corrected chi connectivity index (χ4v) is 5.00. The molecule has 3 rings (SSSR count). The quantitative estimate of drug-likeness (QED) is 0.341. The Bertz CT molecular complexity index is 496. The second-order valence-electron chi connectivity index (χ2n) is 9.29. The highest BCUT2D eigenvalue weighted by Gasteiger charge is 2.26. The first-order valence-corrected chi connectivity index (χ1v) is 12.4. The van der Waals surface area contributed by atoms with Gasteiger partial charge in [0.25, 0.3) is 0 Å². The van der Waals surface area contributed by atoms with Gasteiger partial charge in [-0.05, 0) is 38.5 Å². The van der Waals surface area contributed by atoms with Gasteiger partial charge in [0.1, 0.15) is 19.8 Å². The number of hydrogen-bond donors (Lipinski definition) is 0. The molecule has 3 aliphatic carbocycles. The van der Waals surface area contributed by atoms with Crippen LogP contribution in [0.15, 0.2) is 0 Å². The number of nitrogens with zero attached hydrogens (tertiary/aromatic N) is 1. The zero-order valence-corrected chi connectivity index (χ0v) is 18.9. The highest BCUT2D eigenvalue weighted by atomic mass is 16.5. The molecule has 0 aromatic carbocycles. The highest BCUT2D eigenvalue weighted by Crippen LogP contribution is 2.27. The van der Waals surface area contributed by atoms with Crippen molar-refractivity contribution in [1.29, 1.82) is 0 Å². The van der Waals surface area contributed by atoms with E-state index in [9.17, 15) is 14.4 Å². The van der Waals surface area contributed by atoms with Gasteiger partial charge >= 0.3 is 17.9 Å². The molecule has 31 heavy (non-hydrogen) atoms. The fraction of sp³-hybridized carbons (Fsp3) is 0.875. The lowest BCUT2D eigenvalue weighted by Gasteiger charge is -2.23. The highest BCUT2D eigenvalue weighted by molar-refractivity contribution is 5.73. The number of ether oxygens (including phenoxy) is 3. The van der Waals surface area contributed by atoms with Gasteiger partial charge in [-0.15, -0.1) is 0 Å². The van der Waals surface area contributed by atoms with Crippen LogP contribution in [0.2, 0.25) is 0 Å². The summed E-state index contributed by atoms with van der Waals surface area (Å²) in [6.07, 6.45) is 12.2. The van der Waals surface area contributed by atoms with Crippen LogP contribution in [0.5, 0.6) is 0 Å². The van der Waals surface area contributed by atoms with Crippen molar-refractivity contribution < 1.29 is 28.6 Å². The Morgan fingerprint density at radius 2 is 0.774 bits per heavy atom. The number of carbonyl (C=O) groups is 3. The molecule has 176 valence electrons. The van der Waals surface area contributed by atoms with Crippen molar-refractivity contribution in [3.8, 4) is 0 Å². The molecular weight excluding hydrogens is 398 g/mol. The zero-order valence-electron chi connectivity index (χ0n) is 18.9. The van der Waals surface area contributed by atoms with E-state index in [0.717, 1.165) is 77.0 Å². The van der Waals surface area contributed by atoms with Crippen LogP contribution in [0, 0.1) is 17.8 Å². The summed E-state index contributed by atoms with van der Waals surface area (Å²) in [5, 5.41) is 0. The molecule has 0 heterocycles. The molecule has 0 atom stereocenters. The van der Waals surface area contributed by atoms with Gasteiger partial charge in [0, 0.05) is 19.6 Å². The summed E-state index contributed by atoms with van der Waals surface area (Å²) in [5.74, 6) is -0.150. The number of esters is 3. The molecule has 0 saturated heterocycles. The first kappa shape index (κ1) is 24.0. The second-order valence-corrected chi connectivity index (χ2v) is 9.29. The molecule has 0 aromatic rings. The molecule has 0 aliphatic heterocycles. The molecule has 0 aromatic heterocycles. The first-order chi connectivity index (χ1) is 15.1. The maximum atomic E-state index is 12.1. The molecule has 0 spiro atoms. The van der Waals surface area contributed by atoms with Gasteiger partial charge in [0.05, 0.1) is 17.8 Å². The van der Waals surface area contributed by atoms with Crippen LogP contribution in [-0.2, 0) is 28.6 Å². The van der Waals surface area contributed by atoms with E-state index in [1.54, 1.807) is 0 Å². The van der Waals surface area contributed by atoms with Crippen LogP contribution in [0.1, 0.15) is 77.0 Å². The Balaban J connectivity index is 1.37. The lowest BCUT2D eigenvalue weighted by molar-refractivity contribution is -0.149. The lowest BCUT2D eigenvalue weighted by Crippen LogP contribution is -2.36. The Hall–Kier alpha value is -1.63. The summed E-state index contributed by atoms with van der Waals surface area (Å²) in [7, 11) is 0. The molecule has 0 N–H and O–H groups in total. The monoisotopic (exact) mass is 437 g/mol. The summed E-state index contributed by atoms with van der Waals surface area (Å²) in [5.41, 5.74) is 0. The van der Waals surface area contributed by atoms with Crippen LogP contribution < -0.4 is 0 Å². The Morgan fingerprint density at radius 1 is 0.516 bits per heavy atom. The van der Waals surface area contributed by atoms with E-state index in [2.05, 4.69) is 0 Å². The average Bonchev–Trinajstić information content (AvgIpc) is 3.55. The topological polar surface area (TPSA) is 82.1 Å². The smallest absolute Gasteiger partial charge is 0.308 e. The van der Waals surface area contributed by atoms with E-state index in [1.807, 2.05) is 4.90 Å². The molecular formula is C24H39NO6. The Kier molecular flexibility index (Phi) is 10.1. The molecule has 7 nitrogen and oxygen atoms in total. The van der Waals surface area contributed by atoms with Crippen LogP contribution in [-0.4, -0.2) is 62.3 Å². The maximum Gasteiger partial charge on any atom is 0.308 e. The molecule has 0 bridgehead atoms. The molecule has 3 saturated carbocycles. The SMILES string of the molecule is O=C(OCCN(CCOC(=O)C1CCCC1)CCOC(=O)C1CCCC1)C1CCCC1.